The van der Waals surface area contributed by atoms with Crippen molar-refractivity contribution in [1.82, 2.24) is 25.2 Å². The van der Waals surface area contributed by atoms with Crippen LogP contribution in [-0.4, -0.2) is 38.9 Å². The van der Waals surface area contributed by atoms with Crippen LogP contribution in [0.15, 0.2) is 53.3 Å². The first-order valence-corrected chi connectivity index (χ1v) is 10.9. The number of fused-ring (bicyclic) bond motifs is 1. The van der Waals surface area contributed by atoms with Crippen molar-refractivity contribution < 1.29 is 4.79 Å². The quantitative estimate of drug-likeness (QED) is 0.664. The Balaban J connectivity index is 1.31. The molecular formula is C24H29N5O2. The van der Waals surface area contributed by atoms with Crippen LogP contribution in [0.2, 0.25) is 0 Å². The Morgan fingerprint density at radius 3 is 2.45 bits per heavy atom. The Bertz CT molecular complexity index is 1100. The molecule has 0 spiro atoms. The molecule has 1 aromatic heterocycles. The molecule has 0 bridgehead atoms. The number of aromatic nitrogens is 3. The van der Waals surface area contributed by atoms with Crippen LogP contribution < -0.4 is 10.9 Å². The normalized spacial score (nSPS) is 19.4. The zero-order valence-electron chi connectivity index (χ0n) is 18.1. The predicted molar refractivity (Wildman–Crippen MR) is 120 cm³/mol. The monoisotopic (exact) mass is 419 g/mol. The molecule has 4 rings (SSSR count). The van der Waals surface area contributed by atoms with Crippen LogP contribution in [0, 0.1) is 11.8 Å². The first-order valence-electron chi connectivity index (χ1n) is 10.9. The zero-order chi connectivity index (χ0) is 21.8. The summed E-state index contributed by atoms with van der Waals surface area (Å²) in [5.74, 6) is 1.23. The van der Waals surface area contributed by atoms with Crippen LogP contribution in [0.1, 0.15) is 31.4 Å². The standard InChI is InChI=1S/C24H29N5O2/c1-17-11-18(2)14-28(13-17)15-20-9-7-19(8-10-20)12-25-23(30)16-29-24(31)21-5-3-4-6-22(21)26-27-29/h3-10,17-18H,11-16H2,1-2H3,(H,25,30)/t17-,18-/m1/s1. The van der Waals surface area contributed by atoms with Crippen LogP contribution >= 0.6 is 0 Å². The smallest absolute Gasteiger partial charge is 0.278 e. The van der Waals surface area contributed by atoms with Gasteiger partial charge < -0.3 is 5.32 Å². The van der Waals surface area contributed by atoms with Crippen molar-refractivity contribution in [1.29, 1.82) is 0 Å². The van der Waals surface area contributed by atoms with E-state index in [0.717, 1.165) is 41.7 Å². The fraction of sp³-hybridized carbons (Fsp3) is 0.417. The van der Waals surface area contributed by atoms with Crippen molar-refractivity contribution in [3.8, 4) is 0 Å². The summed E-state index contributed by atoms with van der Waals surface area (Å²) < 4.78 is 1.10. The van der Waals surface area contributed by atoms with Gasteiger partial charge in [0.05, 0.1) is 5.39 Å². The van der Waals surface area contributed by atoms with Gasteiger partial charge in [0, 0.05) is 26.2 Å². The van der Waals surface area contributed by atoms with Crippen LogP contribution in [0.5, 0.6) is 0 Å². The Labute approximate surface area is 182 Å². The van der Waals surface area contributed by atoms with Gasteiger partial charge in [-0.2, -0.15) is 0 Å². The number of hydrogen-bond acceptors (Lipinski definition) is 5. The third kappa shape index (κ3) is 5.35. The van der Waals surface area contributed by atoms with Gasteiger partial charge in [-0.3, -0.25) is 14.5 Å². The van der Waals surface area contributed by atoms with Gasteiger partial charge in [0.25, 0.3) is 5.56 Å². The van der Waals surface area contributed by atoms with Crippen molar-refractivity contribution in [2.45, 2.75) is 39.9 Å². The Kier molecular flexibility index (Phi) is 6.42. The lowest BCUT2D eigenvalue weighted by atomic mass is 9.91. The van der Waals surface area contributed by atoms with Gasteiger partial charge >= 0.3 is 0 Å². The van der Waals surface area contributed by atoms with E-state index in [1.807, 2.05) is 0 Å². The minimum absolute atomic E-state index is 0.153. The van der Waals surface area contributed by atoms with Crippen molar-refractivity contribution in [2.24, 2.45) is 11.8 Å². The molecule has 1 amide bonds. The number of carbonyl (C=O) groups excluding carboxylic acids is 1. The predicted octanol–water partition coefficient (Wildman–Crippen LogP) is 2.59. The molecule has 1 saturated heterocycles. The maximum absolute atomic E-state index is 12.5. The number of carbonyl (C=O) groups is 1. The molecule has 0 radical (unpaired) electrons. The number of nitrogens with zero attached hydrogens (tertiary/aromatic N) is 4. The highest BCUT2D eigenvalue weighted by atomic mass is 16.2. The van der Waals surface area contributed by atoms with E-state index in [9.17, 15) is 9.59 Å². The molecular weight excluding hydrogens is 390 g/mol. The van der Waals surface area contributed by atoms with E-state index >= 15 is 0 Å². The summed E-state index contributed by atoms with van der Waals surface area (Å²) >= 11 is 0. The number of hydrogen-bond donors (Lipinski definition) is 1. The molecule has 1 aliphatic rings. The highest BCUT2D eigenvalue weighted by Gasteiger charge is 2.21. The van der Waals surface area contributed by atoms with Crippen LogP contribution in [0.25, 0.3) is 10.9 Å². The number of piperidine rings is 1. The van der Waals surface area contributed by atoms with Gasteiger partial charge in [-0.25, -0.2) is 4.68 Å². The van der Waals surface area contributed by atoms with Gasteiger partial charge in [-0.15, -0.1) is 5.10 Å². The van der Waals surface area contributed by atoms with E-state index in [1.54, 1.807) is 24.3 Å². The largest absolute Gasteiger partial charge is 0.350 e. The molecule has 162 valence electrons. The van der Waals surface area contributed by atoms with Gasteiger partial charge in [-0.05, 0) is 41.5 Å². The number of benzene rings is 2. The number of rotatable bonds is 6. The zero-order valence-corrected chi connectivity index (χ0v) is 18.1. The van der Waals surface area contributed by atoms with E-state index in [0.29, 0.717) is 17.4 Å². The van der Waals surface area contributed by atoms with E-state index in [4.69, 9.17) is 0 Å². The fourth-order valence-corrected chi connectivity index (χ4v) is 4.46. The lowest BCUT2D eigenvalue weighted by Gasteiger charge is -2.35. The molecule has 2 atom stereocenters. The molecule has 0 unspecified atom stereocenters. The summed E-state index contributed by atoms with van der Waals surface area (Å²) in [4.78, 5) is 27.3. The van der Waals surface area contributed by atoms with Gasteiger partial charge in [-0.1, -0.05) is 55.5 Å². The van der Waals surface area contributed by atoms with E-state index < -0.39 is 0 Å². The first kappa shape index (κ1) is 21.2. The second-order valence-electron chi connectivity index (χ2n) is 8.80. The van der Waals surface area contributed by atoms with Crippen molar-refractivity contribution in [3.63, 3.8) is 0 Å². The second kappa shape index (κ2) is 9.39. The Morgan fingerprint density at radius 2 is 1.71 bits per heavy atom. The summed E-state index contributed by atoms with van der Waals surface area (Å²) in [6, 6.07) is 15.3. The maximum Gasteiger partial charge on any atom is 0.278 e. The molecule has 2 heterocycles. The summed E-state index contributed by atoms with van der Waals surface area (Å²) in [5.41, 5.74) is 2.52. The highest BCUT2D eigenvalue weighted by molar-refractivity contribution is 5.78. The van der Waals surface area contributed by atoms with Crippen LogP contribution in [0.3, 0.4) is 0 Å². The minimum atomic E-state index is -0.313. The molecule has 0 aliphatic carbocycles. The van der Waals surface area contributed by atoms with E-state index in [1.165, 1.54) is 12.0 Å². The minimum Gasteiger partial charge on any atom is -0.350 e. The van der Waals surface area contributed by atoms with E-state index in [-0.39, 0.29) is 18.0 Å². The van der Waals surface area contributed by atoms with Crippen LogP contribution in [-0.2, 0) is 24.4 Å². The van der Waals surface area contributed by atoms with Crippen molar-refractivity contribution >= 4 is 16.8 Å². The average molecular weight is 420 g/mol. The highest BCUT2D eigenvalue weighted by Crippen LogP contribution is 2.22. The SMILES string of the molecule is C[C@@H]1C[C@@H](C)CN(Cc2ccc(CNC(=O)Cn3nnc4ccccc4c3=O)cc2)C1. The third-order valence-electron chi connectivity index (χ3n) is 5.79. The summed E-state index contributed by atoms with van der Waals surface area (Å²) in [7, 11) is 0. The second-order valence-corrected chi connectivity index (χ2v) is 8.80. The van der Waals surface area contributed by atoms with Crippen LogP contribution in [0.4, 0.5) is 0 Å². The summed E-state index contributed by atoms with van der Waals surface area (Å²) in [6.07, 6.45) is 1.31. The molecule has 1 fully saturated rings. The lowest BCUT2D eigenvalue weighted by molar-refractivity contribution is -0.122. The number of amides is 1. The first-order chi connectivity index (χ1) is 15.0. The van der Waals surface area contributed by atoms with Crippen molar-refractivity contribution in [3.05, 3.63) is 70.0 Å². The number of likely N-dealkylation sites (tertiary alicyclic amines) is 1. The molecule has 0 saturated carbocycles. The fourth-order valence-electron chi connectivity index (χ4n) is 4.46. The van der Waals surface area contributed by atoms with Crippen molar-refractivity contribution in [2.75, 3.05) is 13.1 Å². The molecule has 1 N–H and O–H groups in total. The molecule has 7 heteroatoms. The number of nitrogens with one attached hydrogen (secondary N) is 1. The summed E-state index contributed by atoms with van der Waals surface area (Å²) in [5, 5.41) is 11.2. The molecule has 7 nitrogen and oxygen atoms in total. The van der Waals surface area contributed by atoms with Gasteiger partial charge in [0.1, 0.15) is 12.1 Å². The molecule has 2 aromatic carbocycles. The Morgan fingerprint density at radius 1 is 1.03 bits per heavy atom. The molecule has 3 aromatic rings. The van der Waals surface area contributed by atoms with Gasteiger partial charge in [0.2, 0.25) is 5.91 Å². The molecule has 1 aliphatic heterocycles. The Hall–Kier alpha value is -3.06. The average Bonchev–Trinajstić information content (AvgIpc) is 2.75. The maximum atomic E-state index is 12.5. The molecule has 31 heavy (non-hydrogen) atoms. The summed E-state index contributed by atoms with van der Waals surface area (Å²) in [6.45, 7) is 8.17. The topological polar surface area (TPSA) is 80.1 Å². The lowest BCUT2D eigenvalue weighted by Crippen LogP contribution is -2.38. The van der Waals surface area contributed by atoms with E-state index in [2.05, 4.69) is 58.6 Å². The third-order valence-corrected chi connectivity index (χ3v) is 5.79. The van der Waals surface area contributed by atoms with Gasteiger partial charge in [0.15, 0.2) is 0 Å².